The minimum Gasteiger partial charge on any atom is -0.388 e. The molecule has 0 bridgehead atoms. The lowest BCUT2D eigenvalue weighted by Crippen LogP contribution is -2.19. The quantitative estimate of drug-likeness (QED) is 0.903. The minimum atomic E-state index is -0.829. The Labute approximate surface area is 118 Å². The summed E-state index contributed by atoms with van der Waals surface area (Å²) in [6, 6.07) is 8.96. The maximum Gasteiger partial charge on any atom is 0.129 e. The Morgan fingerprint density at radius 2 is 2.20 bits per heavy atom. The highest BCUT2D eigenvalue weighted by atomic mass is 19.1. The third-order valence-corrected chi connectivity index (χ3v) is 4.09. The fraction of sp³-hybridized carbons (Fsp3) is 0.353. The van der Waals surface area contributed by atoms with Crippen molar-refractivity contribution in [2.75, 3.05) is 0 Å². The van der Waals surface area contributed by atoms with Crippen molar-refractivity contribution in [1.82, 2.24) is 4.98 Å². The number of rotatable bonds is 2. The van der Waals surface area contributed by atoms with Gasteiger partial charge in [-0.3, -0.25) is 4.98 Å². The van der Waals surface area contributed by atoms with Crippen molar-refractivity contribution >= 4 is 0 Å². The van der Waals surface area contributed by atoms with Gasteiger partial charge in [0.1, 0.15) is 5.82 Å². The first-order valence-electron chi connectivity index (χ1n) is 7.04. The van der Waals surface area contributed by atoms with E-state index >= 15 is 0 Å². The summed E-state index contributed by atoms with van der Waals surface area (Å²) in [5.41, 5.74) is 3.33. The number of fused-ring (bicyclic) bond motifs is 1. The van der Waals surface area contributed by atoms with Gasteiger partial charge in [0.05, 0.1) is 6.10 Å². The molecule has 3 rings (SSSR count). The summed E-state index contributed by atoms with van der Waals surface area (Å²) < 4.78 is 14.1. The molecule has 1 aromatic heterocycles. The molecule has 2 aromatic rings. The summed E-state index contributed by atoms with van der Waals surface area (Å²) in [6.45, 7) is 1.84. The van der Waals surface area contributed by atoms with E-state index in [1.807, 2.05) is 25.1 Å². The number of aromatic nitrogens is 1. The fourth-order valence-corrected chi connectivity index (χ4v) is 3.04. The van der Waals surface area contributed by atoms with Crippen LogP contribution in [-0.4, -0.2) is 10.1 Å². The maximum absolute atomic E-state index is 14.1. The van der Waals surface area contributed by atoms with Crippen LogP contribution >= 0.6 is 0 Å². The largest absolute Gasteiger partial charge is 0.388 e. The molecule has 0 aliphatic heterocycles. The third-order valence-electron chi connectivity index (χ3n) is 4.09. The molecule has 0 amide bonds. The second kappa shape index (κ2) is 5.33. The zero-order valence-corrected chi connectivity index (χ0v) is 11.5. The van der Waals surface area contributed by atoms with Gasteiger partial charge in [0, 0.05) is 23.4 Å². The molecule has 0 radical (unpaired) electrons. The van der Waals surface area contributed by atoms with Crippen molar-refractivity contribution in [3.8, 4) is 0 Å². The van der Waals surface area contributed by atoms with E-state index in [1.54, 1.807) is 12.3 Å². The number of aliphatic hydroxyl groups excluding tert-OH is 1. The molecule has 1 aliphatic carbocycles. The zero-order valence-electron chi connectivity index (χ0n) is 11.5. The number of hydrogen-bond donors (Lipinski definition) is 1. The predicted molar refractivity (Wildman–Crippen MR) is 76.0 cm³/mol. The number of aliphatic hydroxyl groups is 1. The average Bonchev–Trinajstić information content (AvgIpc) is 2.46. The topological polar surface area (TPSA) is 33.1 Å². The Kier molecular flexibility index (Phi) is 3.53. The Hall–Kier alpha value is -1.74. The van der Waals surface area contributed by atoms with Gasteiger partial charge in [0.25, 0.3) is 0 Å². The van der Waals surface area contributed by atoms with Crippen LogP contribution in [0.25, 0.3) is 0 Å². The normalized spacial score (nSPS) is 19.4. The summed E-state index contributed by atoms with van der Waals surface area (Å²) in [7, 11) is 0. The van der Waals surface area contributed by atoms with Crippen molar-refractivity contribution < 1.29 is 9.50 Å². The number of pyridine rings is 1. The molecule has 0 fully saturated rings. The number of aryl methyl sites for hydroxylation is 2. The van der Waals surface area contributed by atoms with E-state index < -0.39 is 6.10 Å². The van der Waals surface area contributed by atoms with Crippen LogP contribution in [0.15, 0.2) is 36.5 Å². The maximum atomic E-state index is 14.1. The molecule has 1 heterocycles. The van der Waals surface area contributed by atoms with E-state index in [2.05, 4.69) is 4.98 Å². The van der Waals surface area contributed by atoms with Crippen molar-refractivity contribution in [3.05, 3.63) is 64.7 Å². The molecule has 0 spiro atoms. The van der Waals surface area contributed by atoms with Crippen LogP contribution in [-0.2, 0) is 6.42 Å². The van der Waals surface area contributed by atoms with Crippen molar-refractivity contribution in [3.63, 3.8) is 0 Å². The lowest BCUT2D eigenvalue weighted by atomic mass is 9.81. The second-order valence-corrected chi connectivity index (χ2v) is 5.52. The van der Waals surface area contributed by atoms with Gasteiger partial charge in [-0.1, -0.05) is 18.2 Å². The van der Waals surface area contributed by atoms with Crippen LogP contribution in [0.5, 0.6) is 0 Å². The number of nitrogens with zero attached hydrogens (tertiary/aromatic N) is 1. The smallest absolute Gasteiger partial charge is 0.129 e. The summed E-state index contributed by atoms with van der Waals surface area (Å²) >= 11 is 0. The molecular weight excluding hydrogens is 253 g/mol. The van der Waals surface area contributed by atoms with Crippen molar-refractivity contribution in [2.24, 2.45) is 0 Å². The molecule has 2 nitrogen and oxygen atoms in total. The number of hydrogen-bond acceptors (Lipinski definition) is 2. The molecule has 3 heteroatoms. The molecule has 1 aliphatic rings. The molecule has 0 saturated carbocycles. The van der Waals surface area contributed by atoms with E-state index in [1.165, 1.54) is 11.6 Å². The Morgan fingerprint density at radius 3 is 3.00 bits per heavy atom. The molecule has 1 N–H and O–H groups in total. The van der Waals surface area contributed by atoms with Gasteiger partial charge < -0.3 is 5.11 Å². The highest BCUT2D eigenvalue weighted by molar-refractivity contribution is 5.32. The highest BCUT2D eigenvalue weighted by Gasteiger charge is 2.30. The molecule has 0 saturated heterocycles. The summed E-state index contributed by atoms with van der Waals surface area (Å²) in [5.74, 6) is -0.447. The van der Waals surface area contributed by atoms with E-state index in [0.29, 0.717) is 5.56 Å². The van der Waals surface area contributed by atoms with Gasteiger partial charge in [-0.15, -0.1) is 0 Å². The first-order chi connectivity index (χ1) is 9.66. The Bertz CT molecular complexity index is 626. The van der Waals surface area contributed by atoms with Gasteiger partial charge in [0.2, 0.25) is 0 Å². The fourth-order valence-electron chi connectivity index (χ4n) is 3.04. The SMILES string of the molecule is Cc1ccc(C(O)C2CCCc3cccnc32)c(F)c1. The predicted octanol–water partition coefficient (Wildman–Crippen LogP) is 3.68. The van der Waals surface area contributed by atoms with Gasteiger partial charge in [-0.25, -0.2) is 4.39 Å². The van der Waals surface area contributed by atoms with Crippen LogP contribution in [0.4, 0.5) is 4.39 Å². The molecule has 104 valence electrons. The standard InChI is InChI=1S/C17H18FNO/c1-11-7-8-13(15(18)10-11)17(20)14-6-2-4-12-5-3-9-19-16(12)14/h3,5,7-10,14,17,20H,2,4,6H2,1H3. The molecule has 2 atom stereocenters. The van der Waals surface area contributed by atoms with Gasteiger partial charge in [0.15, 0.2) is 0 Å². The van der Waals surface area contributed by atoms with Crippen molar-refractivity contribution in [1.29, 1.82) is 0 Å². The molecule has 2 unspecified atom stereocenters. The van der Waals surface area contributed by atoms with Crippen LogP contribution in [0.2, 0.25) is 0 Å². The van der Waals surface area contributed by atoms with E-state index in [-0.39, 0.29) is 11.7 Å². The second-order valence-electron chi connectivity index (χ2n) is 5.52. The molecular formula is C17H18FNO. The molecule has 1 aromatic carbocycles. The summed E-state index contributed by atoms with van der Waals surface area (Å²) in [5, 5.41) is 10.6. The number of halogens is 1. The number of benzene rings is 1. The lowest BCUT2D eigenvalue weighted by molar-refractivity contribution is 0.130. The lowest BCUT2D eigenvalue weighted by Gasteiger charge is -2.28. The van der Waals surface area contributed by atoms with Crippen LogP contribution in [0, 0.1) is 12.7 Å². The highest BCUT2D eigenvalue weighted by Crippen LogP contribution is 2.39. The minimum absolute atomic E-state index is 0.114. The molecule has 20 heavy (non-hydrogen) atoms. The third kappa shape index (κ3) is 2.34. The summed E-state index contributed by atoms with van der Waals surface area (Å²) in [6.07, 6.45) is 3.76. The zero-order chi connectivity index (χ0) is 14.1. The van der Waals surface area contributed by atoms with Gasteiger partial charge in [-0.2, -0.15) is 0 Å². The Balaban J connectivity index is 1.97. The van der Waals surface area contributed by atoms with E-state index in [9.17, 15) is 9.50 Å². The van der Waals surface area contributed by atoms with E-state index in [0.717, 1.165) is 30.5 Å². The first kappa shape index (κ1) is 13.3. The van der Waals surface area contributed by atoms with Crippen molar-refractivity contribution in [2.45, 2.75) is 38.2 Å². The first-order valence-corrected chi connectivity index (χ1v) is 7.04. The van der Waals surface area contributed by atoms with Crippen LogP contribution < -0.4 is 0 Å². The van der Waals surface area contributed by atoms with E-state index in [4.69, 9.17) is 0 Å². The average molecular weight is 271 g/mol. The summed E-state index contributed by atoms with van der Waals surface area (Å²) in [4.78, 5) is 4.41. The van der Waals surface area contributed by atoms with Crippen LogP contribution in [0.3, 0.4) is 0 Å². The van der Waals surface area contributed by atoms with Gasteiger partial charge >= 0.3 is 0 Å². The van der Waals surface area contributed by atoms with Gasteiger partial charge in [-0.05, 0) is 49.4 Å². The Morgan fingerprint density at radius 1 is 1.35 bits per heavy atom. The van der Waals surface area contributed by atoms with Crippen LogP contribution in [0.1, 0.15) is 47.2 Å². The monoisotopic (exact) mass is 271 g/mol.